The summed E-state index contributed by atoms with van der Waals surface area (Å²) in [4.78, 5) is 11.3. The van der Waals surface area contributed by atoms with Gasteiger partial charge in [-0.15, -0.1) is 23.4 Å². The van der Waals surface area contributed by atoms with Crippen LogP contribution >= 0.6 is 23.4 Å². The second-order valence-electron chi connectivity index (χ2n) is 4.21. The molecule has 0 bridgehead atoms. The van der Waals surface area contributed by atoms with Gasteiger partial charge in [0.1, 0.15) is 0 Å². The number of nitro benzene ring substituents is 1. The largest absolute Gasteiger partial charge is 0.270 e. The smallest absolute Gasteiger partial charge is 0.258 e. The molecule has 2 atom stereocenters. The number of nitro groups is 1. The van der Waals surface area contributed by atoms with Crippen molar-refractivity contribution < 1.29 is 4.92 Å². The van der Waals surface area contributed by atoms with Crippen LogP contribution < -0.4 is 0 Å². The van der Waals surface area contributed by atoms with E-state index in [0.29, 0.717) is 5.25 Å². The van der Waals surface area contributed by atoms with Gasteiger partial charge in [-0.1, -0.05) is 18.9 Å². The van der Waals surface area contributed by atoms with Crippen molar-refractivity contribution in [1.82, 2.24) is 0 Å². The van der Waals surface area contributed by atoms with Crippen molar-refractivity contribution in [3.05, 3.63) is 34.4 Å². The summed E-state index contributed by atoms with van der Waals surface area (Å²) in [5.74, 6) is 0. The van der Waals surface area contributed by atoms with Gasteiger partial charge in [-0.05, 0) is 18.9 Å². The van der Waals surface area contributed by atoms with Crippen molar-refractivity contribution in [3.8, 4) is 0 Å². The Labute approximate surface area is 110 Å². The number of hydrogen-bond donors (Lipinski definition) is 0. The van der Waals surface area contributed by atoms with E-state index < -0.39 is 0 Å². The van der Waals surface area contributed by atoms with Gasteiger partial charge in [-0.2, -0.15) is 0 Å². The van der Waals surface area contributed by atoms with Gasteiger partial charge >= 0.3 is 0 Å². The van der Waals surface area contributed by atoms with Crippen LogP contribution in [0.2, 0.25) is 0 Å². The highest BCUT2D eigenvalue weighted by Crippen LogP contribution is 2.37. The van der Waals surface area contributed by atoms with Crippen molar-refractivity contribution in [2.45, 2.75) is 41.2 Å². The van der Waals surface area contributed by atoms with Crippen LogP contribution in [-0.2, 0) is 0 Å². The Morgan fingerprint density at radius 2 is 2.12 bits per heavy atom. The van der Waals surface area contributed by atoms with Gasteiger partial charge < -0.3 is 0 Å². The van der Waals surface area contributed by atoms with Crippen molar-refractivity contribution in [2.24, 2.45) is 0 Å². The lowest BCUT2D eigenvalue weighted by Gasteiger charge is -2.26. The first-order valence-corrected chi connectivity index (χ1v) is 7.03. The number of benzene rings is 1. The molecule has 0 heterocycles. The zero-order valence-corrected chi connectivity index (χ0v) is 10.9. The number of alkyl halides is 1. The second kappa shape index (κ2) is 5.74. The molecule has 1 saturated carbocycles. The lowest BCUT2D eigenvalue weighted by molar-refractivity contribution is -0.385. The van der Waals surface area contributed by atoms with E-state index in [2.05, 4.69) is 0 Å². The van der Waals surface area contributed by atoms with Crippen LogP contribution in [0, 0.1) is 10.1 Å². The Morgan fingerprint density at radius 3 is 2.82 bits per heavy atom. The maximum atomic E-state index is 10.7. The van der Waals surface area contributed by atoms with Crippen LogP contribution in [0.3, 0.4) is 0 Å². The minimum absolute atomic E-state index is 0.150. The number of rotatable bonds is 3. The normalized spacial score (nSPS) is 24.5. The molecule has 0 radical (unpaired) electrons. The van der Waals surface area contributed by atoms with Crippen molar-refractivity contribution >= 4 is 29.1 Å². The summed E-state index contributed by atoms with van der Waals surface area (Å²) >= 11 is 7.95. The number of non-ortho nitro benzene ring substituents is 1. The van der Waals surface area contributed by atoms with Crippen molar-refractivity contribution in [2.75, 3.05) is 0 Å². The van der Waals surface area contributed by atoms with Gasteiger partial charge in [0.15, 0.2) is 0 Å². The molecule has 1 aromatic rings. The molecule has 2 rings (SSSR count). The average Bonchev–Trinajstić information content (AvgIpc) is 2.32. The first kappa shape index (κ1) is 12.7. The molecular formula is C12H14ClNO2S. The molecule has 0 unspecified atom stereocenters. The Bertz CT molecular complexity index is 413. The summed E-state index contributed by atoms with van der Waals surface area (Å²) in [5.41, 5.74) is 0.150. The maximum absolute atomic E-state index is 10.7. The Balaban J connectivity index is 2.07. The molecule has 0 aromatic heterocycles. The standard InChI is InChI=1S/C12H14ClNO2S/c13-11-6-1-2-7-12(11)17-10-5-3-4-9(8-10)14(15)16/h3-5,8,11-12H,1-2,6-7H2/t11-,12+/m1/s1. The summed E-state index contributed by atoms with van der Waals surface area (Å²) in [5, 5.41) is 11.2. The molecule has 1 fully saturated rings. The molecule has 1 aliphatic rings. The molecule has 0 amide bonds. The SMILES string of the molecule is O=[N+]([O-])c1cccc(S[C@H]2CCCC[C@H]2Cl)c1. The molecule has 17 heavy (non-hydrogen) atoms. The first-order chi connectivity index (χ1) is 8.16. The summed E-state index contributed by atoms with van der Waals surface area (Å²) < 4.78 is 0. The monoisotopic (exact) mass is 271 g/mol. The third-order valence-corrected chi connectivity index (χ3v) is 5.00. The molecule has 0 N–H and O–H groups in total. The third kappa shape index (κ3) is 3.36. The zero-order chi connectivity index (χ0) is 12.3. The van der Waals surface area contributed by atoms with Crippen LogP contribution in [-0.4, -0.2) is 15.6 Å². The highest BCUT2D eigenvalue weighted by atomic mass is 35.5. The fourth-order valence-corrected chi connectivity index (χ4v) is 3.73. The molecule has 3 nitrogen and oxygen atoms in total. The van der Waals surface area contributed by atoms with E-state index in [9.17, 15) is 10.1 Å². The maximum Gasteiger partial charge on any atom is 0.270 e. The molecule has 0 aliphatic heterocycles. The van der Waals surface area contributed by atoms with E-state index in [-0.39, 0.29) is 16.0 Å². The summed E-state index contributed by atoms with van der Waals surface area (Å²) in [7, 11) is 0. The highest BCUT2D eigenvalue weighted by molar-refractivity contribution is 8.00. The van der Waals surface area contributed by atoms with Crippen LogP contribution in [0.25, 0.3) is 0 Å². The van der Waals surface area contributed by atoms with Gasteiger partial charge in [0, 0.05) is 27.7 Å². The lowest BCUT2D eigenvalue weighted by atomic mass is 10.00. The van der Waals surface area contributed by atoms with E-state index in [1.807, 2.05) is 6.07 Å². The van der Waals surface area contributed by atoms with Crippen molar-refractivity contribution in [1.29, 1.82) is 0 Å². The van der Waals surface area contributed by atoms with E-state index in [1.165, 1.54) is 18.9 Å². The van der Waals surface area contributed by atoms with Crippen LogP contribution in [0.1, 0.15) is 25.7 Å². The van der Waals surface area contributed by atoms with Crippen LogP contribution in [0.5, 0.6) is 0 Å². The van der Waals surface area contributed by atoms with E-state index >= 15 is 0 Å². The van der Waals surface area contributed by atoms with Crippen LogP contribution in [0.15, 0.2) is 29.2 Å². The molecule has 1 aliphatic carbocycles. The highest BCUT2D eigenvalue weighted by Gasteiger charge is 2.24. The topological polar surface area (TPSA) is 43.1 Å². The molecule has 5 heteroatoms. The molecule has 0 spiro atoms. The quantitative estimate of drug-likeness (QED) is 0.469. The summed E-state index contributed by atoms with van der Waals surface area (Å²) in [6.07, 6.45) is 4.55. The predicted octanol–water partition coefficient (Wildman–Crippen LogP) is 4.24. The Morgan fingerprint density at radius 1 is 1.35 bits per heavy atom. The third-order valence-electron chi connectivity index (χ3n) is 2.94. The molecule has 0 saturated heterocycles. The van der Waals surface area contributed by atoms with Gasteiger partial charge in [0.2, 0.25) is 0 Å². The average molecular weight is 272 g/mol. The molecular weight excluding hydrogens is 258 g/mol. The predicted molar refractivity (Wildman–Crippen MR) is 70.9 cm³/mol. The van der Waals surface area contributed by atoms with Gasteiger partial charge in [-0.25, -0.2) is 0 Å². The number of halogens is 1. The minimum Gasteiger partial charge on any atom is -0.258 e. The van der Waals surface area contributed by atoms with Gasteiger partial charge in [-0.3, -0.25) is 10.1 Å². The van der Waals surface area contributed by atoms with E-state index in [0.717, 1.165) is 17.7 Å². The lowest BCUT2D eigenvalue weighted by Crippen LogP contribution is -2.21. The number of nitrogens with zero attached hydrogens (tertiary/aromatic N) is 1. The molecule has 1 aromatic carbocycles. The Kier molecular flexibility index (Phi) is 4.29. The van der Waals surface area contributed by atoms with Crippen LogP contribution in [0.4, 0.5) is 5.69 Å². The summed E-state index contributed by atoms with van der Waals surface area (Å²) in [6.45, 7) is 0. The number of thioether (sulfide) groups is 1. The Hall–Kier alpha value is -0.740. The van der Waals surface area contributed by atoms with Gasteiger partial charge in [0.25, 0.3) is 5.69 Å². The number of hydrogen-bond acceptors (Lipinski definition) is 3. The minimum atomic E-state index is -0.358. The second-order valence-corrected chi connectivity index (χ2v) is 6.08. The first-order valence-electron chi connectivity index (χ1n) is 5.72. The van der Waals surface area contributed by atoms with E-state index in [4.69, 9.17) is 11.6 Å². The van der Waals surface area contributed by atoms with Gasteiger partial charge in [0.05, 0.1) is 4.92 Å². The van der Waals surface area contributed by atoms with E-state index in [1.54, 1.807) is 23.9 Å². The summed E-state index contributed by atoms with van der Waals surface area (Å²) in [6, 6.07) is 6.79. The fraction of sp³-hybridized carbons (Fsp3) is 0.500. The zero-order valence-electron chi connectivity index (χ0n) is 9.34. The molecule has 92 valence electrons. The van der Waals surface area contributed by atoms with Crippen molar-refractivity contribution in [3.63, 3.8) is 0 Å². The fourth-order valence-electron chi connectivity index (χ4n) is 2.03.